The summed E-state index contributed by atoms with van der Waals surface area (Å²) in [6.45, 7) is 3.65. The van der Waals surface area contributed by atoms with Crippen LogP contribution in [-0.2, 0) is 4.79 Å². The molecular weight excluding hydrogens is 278 g/mol. The quantitative estimate of drug-likeness (QED) is 0.625. The highest BCUT2D eigenvalue weighted by Gasteiger charge is 2.26. The van der Waals surface area contributed by atoms with Gasteiger partial charge in [-0.25, -0.2) is 9.79 Å². The summed E-state index contributed by atoms with van der Waals surface area (Å²) >= 11 is 0. The van der Waals surface area contributed by atoms with E-state index < -0.39 is 0 Å². The molecule has 0 amide bonds. The van der Waals surface area contributed by atoms with Crippen LogP contribution in [0.2, 0.25) is 0 Å². The van der Waals surface area contributed by atoms with Crippen molar-refractivity contribution in [2.45, 2.75) is 19.4 Å². The van der Waals surface area contributed by atoms with Crippen molar-refractivity contribution in [3.05, 3.63) is 30.1 Å². The van der Waals surface area contributed by atoms with Crippen molar-refractivity contribution >= 4 is 22.8 Å². The van der Waals surface area contributed by atoms with E-state index in [1.807, 2.05) is 6.07 Å². The van der Waals surface area contributed by atoms with Crippen molar-refractivity contribution < 1.29 is 4.79 Å². The Morgan fingerprint density at radius 2 is 2.05 bits per heavy atom. The molecule has 2 atom stereocenters. The molecule has 0 N–H and O–H groups in total. The van der Waals surface area contributed by atoms with Gasteiger partial charge in [-0.3, -0.25) is 9.97 Å². The lowest BCUT2D eigenvalue weighted by molar-refractivity contribution is 0.402. The lowest BCUT2D eigenvalue weighted by Crippen LogP contribution is -2.41. The molecule has 6 nitrogen and oxygen atoms in total. The number of carbonyl (C=O) groups excluding carboxylic acids is 1. The van der Waals surface area contributed by atoms with Crippen LogP contribution in [0.3, 0.4) is 0 Å². The SMILES string of the molecule is C[C@H]1C[C@@H](N=C=O)CN(c2ccc(C#N)c3nccnc23)C1. The molecule has 0 bridgehead atoms. The number of rotatable bonds is 2. The first kappa shape index (κ1) is 14.2. The van der Waals surface area contributed by atoms with E-state index in [0.29, 0.717) is 29.1 Å². The first-order valence-electron chi connectivity index (χ1n) is 7.18. The zero-order valence-electron chi connectivity index (χ0n) is 12.2. The number of nitrogens with zero attached hydrogens (tertiary/aromatic N) is 5. The number of aromatic nitrogens is 2. The molecule has 0 saturated carbocycles. The number of hydrogen-bond acceptors (Lipinski definition) is 6. The van der Waals surface area contributed by atoms with E-state index in [1.54, 1.807) is 24.5 Å². The van der Waals surface area contributed by atoms with Gasteiger partial charge in [0.2, 0.25) is 6.08 Å². The Labute approximate surface area is 128 Å². The van der Waals surface area contributed by atoms with Crippen LogP contribution >= 0.6 is 0 Å². The van der Waals surface area contributed by atoms with Crippen LogP contribution in [0.5, 0.6) is 0 Å². The summed E-state index contributed by atoms with van der Waals surface area (Å²) < 4.78 is 0. The highest BCUT2D eigenvalue weighted by molar-refractivity contribution is 5.92. The van der Waals surface area contributed by atoms with Crippen molar-refractivity contribution in [1.82, 2.24) is 9.97 Å². The van der Waals surface area contributed by atoms with E-state index in [9.17, 15) is 10.1 Å². The number of fused-ring (bicyclic) bond motifs is 1. The summed E-state index contributed by atoms with van der Waals surface area (Å²) in [5.74, 6) is 0.415. The maximum absolute atomic E-state index is 10.6. The van der Waals surface area contributed by atoms with Crippen LogP contribution in [0.1, 0.15) is 18.9 Å². The Kier molecular flexibility index (Phi) is 3.82. The molecule has 1 saturated heterocycles. The molecule has 22 heavy (non-hydrogen) atoms. The van der Waals surface area contributed by atoms with E-state index in [2.05, 4.69) is 32.9 Å². The van der Waals surface area contributed by atoms with Crippen LogP contribution in [0.4, 0.5) is 5.69 Å². The van der Waals surface area contributed by atoms with Gasteiger partial charge in [0.15, 0.2) is 0 Å². The van der Waals surface area contributed by atoms with Gasteiger partial charge in [0, 0.05) is 25.5 Å². The molecule has 1 aliphatic rings. The predicted octanol–water partition coefficient (Wildman–Crippen LogP) is 2.05. The van der Waals surface area contributed by atoms with Gasteiger partial charge in [0.25, 0.3) is 0 Å². The first-order chi connectivity index (χ1) is 10.7. The standard InChI is InChI=1S/C16H15N5O/c1-11-6-13(20-10-22)9-21(8-11)14-3-2-12(7-17)15-16(14)19-5-4-18-15/h2-5,11,13H,6,8-9H2,1H3/t11-,13+/m0/s1. The van der Waals surface area contributed by atoms with Crippen LogP contribution in [0.25, 0.3) is 11.0 Å². The van der Waals surface area contributed by atoms with E-state index in [1.165, 1.54) is 0 Å². The van der Waals surface area contributed by atoms with Crippen LogP contribution in [-0.4, -0.2) is 35.2 Å². The smallest absolute Gasteiger partial charge is 0.235 e. The van der Waals surface area contributed by atoms with Gasteiger partial charge in [-0.2, -0.15) is 5.26 Å². The Morgan fingerprint density at radius 3 is 2.77 bits per heavy atom. The number of piperidine rings is 1. The summed E-state index contributed by atoms with van der Waals surface area (Å²) in [7, 11) is 0. The van der Waals surface area contributed by atoms with Crippen LogP contribution < -0.4 is 4.90 Å². The molecule has 1 aromatic heterocycles. The van der Waals surface area contributed by atoms with E-state index in [0.717, 1.165) is 18.7 Å². The molecule has 1 aromatic carbocycles. The minimum Gasteiger partial charge on any atom is -0.367 e. The molecule has 6 heteroatoms. The fraction of sp³-hybridized carbons (Fsp3) is 0.375. The minimum atomic E-state index is -0.0522. The molecule has 2 heterocycles. The van der Waals surface area contributed by atoms with E-state index >= 15 is 0 Å². The van der Waals surface area contributed by atoms with Gasteiger partial charge >= 0.3 is 0 Å². The highest BCUT2D eigenvalue weighted by atomic mass is 16.1. The van der Waals surface area contributed by atoms with Gasteiger partial charge in [-0.1, -0.05) is 6.92 Å². The van der Waals surface area contributed by atoms with Crippen LogP contribution in [0, 0.1) is 17.2 Å². The largest absolute Gasteiger partial charge is 0.367 e. The summed E-state index contributed by atoms with van der Waals surface area (Å²) in [6, 6.07) is 5.76. The Balaban J connectivity index is 2.06. The maximum atomic E-state index is 10.6. The van der Waals surface area contributed by atoms with Gasteiger partial charge in [0.05, 0.1) is 17.3 Å². The second-order valence-electron chi connectivity index (χ2n) is 5.62. The molecule has 0 aliphatic carbocycles. The third-order valence-corrected chi connectivity index (χ3v) is 3.94. The molecule has 0 spiro atoms. The number of hydrogen-bond donors (Lipinski definition) is 0. The minimum absolute atomic E-state index is 0.0522. The number of anilines is 1. The second-order valence-corrected chi connectivity index (χ2v) is 5.62. The number of isocyanates is 1. The molecule has 0 radical (unpaired) electrons. The fourth-order valence-corrected chi connectivity index (χ4v) is 3.07. The lowest BCUT2D eigenvalue weighted by atomic mass is 9.95. The van der Waals surface area contributed by atoms with Crippen molar-refractivity contribution in [2.75, 3.05) is 18.0 Å². The molecule has 3 rings (SSSR count). The average Bonchev–Trinajstić information content (AvgIpc) is 2.53. The van der Waals surface area contributed by atoms with E-state index in [4.69, 9.17) is 0 Å². The van der Waals surface area contributed by atoms with Crippen LogP contribution in [0.15, 0.2) is 29.5 Å². The monoisotopic (exact) mass is 293 g/mol. The number of aliphatic imine (C=N–C) groups is 1. The zero-order valence-corrected chi connectivity index (χ0v) is 12.2. The Bertz CT molecular complexity index is 791. The fourth-order valence-electron chi connectivity index (χ4n) is 3.07. The third kappa shape index (κ3) is 2.54. The highest BCUT2D eigenvalue weighted by Crippen LogP contribution is 2.30. The average molecular weight is 293 g/mol. The lowest BCUT2D eigenvalue weighted by Gasteiger charge is -2.36. The third-order valence-electron chi connectivity index (χ3n) is 3.94. The van der Waals surface area contributed by atoms with Gasteiger partial charge in [-0.05, 0) is 24.5 Å². The molecule has 110 valence electrons. The van der Waals surface area contributed by atoms with Crippen molar-refractivity contribution in [3.8, 4) is 6.07 Å². The normalized spacial score (nSPS) is 21.2. The van der Waals surface area contributed by atoms with Gasteiger partial charge < -0.3 is 4.90 Å². The summed E-state index contributed by atoms with van der Waals surface area (Å²) in [5.41, 5.74) is 2.76. The predicted molar refractivity (Wildman–Crippen MR) is 82.2 cm³/mol. The summed E-state index contributed by atoms with van der Waals surface area (Å²) in [4.78, 5) is 25.3. The maximum Gasteiger partial charge on any atom is 0.235 e. The first-order valence-corrected chi connectivity index (χ1v) is 7.18. The van der Waals surface area contributed by atoms with Gasteiger partial charge in [-0.15, -0.1) is 0 Å². The van der Waals surface area contributed by atoms with Gasteiger partial charge in [0.1, 0.15) is 17.1 Å². The second kappa shape index (κ2) is 5.92. The van der Waals surface area contributed by atoms with E-state index in [-0.39, 0.29) is 6.04 Å². The molecule has 1 aliphatic heterocycles. The molecular formula is C16H15N5O. The number of nitriles is 1. The topological polar surface area (TPSA) is 82.2 Å². The summed E-state index contributed by atoms with van der Waals surface area (Å²) in [5, 5.41) is 9.20. The van der Waals surface area contributed by atoms with Crippen molar-refractivity contribution in [2.24, 2.45) is 10.9 Å². The number of benzene rings is 1. The zero-order chi connectivity index (χ0) is 15.5. The summed E-state index contributed by atoms with van der Waals surface area (Å²) in [6.07, 6.45) is 5.76. The molecule has 0 unspecified atom stereocenters. The molecule has 2 aromatic rings. The Hall–Kier alpha value is -2.77. The van der Waals surface area contributed by atoms with Crippen molar-refractivity contribution in [3.63, 3.8) is 0 Å². The molecule has 1 fully saturated rings. The van der Waals surface area contributed by atoms with Crippen molar-refractivity contribution in [1.29, 1.82) is 5.26 Å². The Morgan fingerprint density at radius 1 is 1.27 bits per heavy atom.